The molecule has 1 heterocycles. The van der Waals surface area contributed by atoms with Gasteiger partial charge in [0.15, 0.2) is 0 Å². The quantitative estimate of drug-likeness (QED) is 0.415. The van der Waals surface area contributed by atoms with Crippen molar-refractivity contribution in [2.45, 2.75) is 44.6 Å². The minimum atomic E-state index is -3.73. The molecule has 0 radical (unpaired) electrons. The zero-order chi connectivity index (χ0) is 29.2. The van der Waals surface area contributed by atoms with E-state index in [0.717, 1.165) is 42.9 Å². The van der Waals surface area contributed by atoms with Crippen LogP contribution in [0.2, 0.25) is 0 Å². The van der Waals surface area contributed by atoms with Gasteiger partial charge in [0.05, 0.1) is 18.1 Å². The van der Waals surface area contributed by atoms with E-state index in [1.54, 1.807) is 18.2 Å². The highest BCUT2D eigenvalue weighted by Gasteiger charge is 2.14. The fraction of sp³-hybridized carbons (Fsp3) is 0.406. The Kier molecular flexibility index (Phi) is 10.9. The van der Waals surface area contributed by atoms with Gasteiger partial charge in [-0.05, 0) is 77.9 Å². The van der Waals surface area contributed by atoms with Crippen LogP contribution in [0, 0.1) is 5.92 Å². The molecule has 0 fully saturated rings. The summed E-state index contributed by atoms with van der Waals surface area (Å²) in [6.45, 7) is 9.30. The van der Waals surface area contributed by atoms with Crippen molar-refractivity contribution >= 4 is 15.9 Å². The summed E-state index contributed by atoms with van der Waals surface area (Å²) in [6, 6.07) is 20.5. The normalized spacial score (nSPS) is 15.0. The summed E-state index contributed by atoms with van der Waals surface area (Å²) in [5, 5.41) is 8.13. The van der Waals surface area contributed by atoms with Crippen molar-refractivity contribution in [3.63, 3.8) is 0 Å². The van der Waals surface area contributed by atoms with E-state index in [1.807, 2.05) is 12.1 Å². The Balaban J connectivity index is 1.45. The lowest BCUT2D eigenvalue weighted by Gasteiger charge is -2.24. The van der Waals surface area contributed by atoms with Crippen molar-refractivity contribution in [3.8, 4) is 5.75 Å². The van der Waals surface area contributed by atoms with Crippen LogP contribution in [-0.4, -0.2) is 58.7 Å². The second-order valence-electron chi connectivity index (χ2n) is 10.9. The predicted octanol–water partition coefficient (Wildman–Crippen LogP) is 4.15. The van der Waals surface area contributed by atoms with Crippen LogP contribution in [0.4, 0.5) is 0 Å². The zero-order valence-corrected chi connectivity index (χ0v) is 24.8. The number of hydrogen-bond donors (Lipinski definition) is 2. The number of fused-ring (bicyclic) bond motifs is 3. The number of primary sulfonamides is 1. The van der Waals surface area contributed by atoms with Crippen LogP contribution in [0.1, 0.15) is 52.9 Å². The molecule has 2 bridgehead atoms. The van der Waals surface area contributed by atoms with E-state index < -0.39 is 10.0 Å². The predicted molar refractivity (Wildman–Crippen MR) is 161 cm³/mol. The highest BCUT2D eigenvalue weighted by molar-refractivity contribution is 7.89. The molecule has 41 heavy (non-hydrogen) atoms. The molecule has 4 rings (SSSR count). The minimum Gasteiger partial charge on any atom is -0.491 e. The van der Waals surface area contributed by atoms with Crippen molar-refractivity contribution in [2.24, 2.45) is 11.1 Å². The van der Waals surface area contributed by atoms with Gasteiger partial charge in [0, 0.05) is 31.6 Å². The second-order valence-corrected chi connectivity index (χ2v) is 12.5. The molecule has 9 heteroatoms. The van der Waals surface area contributed by atoms with Crippen LogP contribution >= 0.6 is 0 Å². The molecule has 8 nitrogen and oxygen atoms in total. The summed E-state index contributed by atoms with van der Waals surface area (Å²) >= 11 is 0. The summed E-state index contributed by atoms with van der Waals surface area (Å²) in [7, 11) is -3.73. The fourth-order valence-electron chi connectivity index (χ4n) is 4.80. The molecule has 220 valence electrons. The molecular weight excluding hydrogens is 538 g/mol. The summed E-state index contributed by atoms with van der Waals surface area (Å²) in [6.07, 6.45) is 2.35. The van der Waals surface area contributed by atoms with E-state index in [2.05, 4.69) is 48.3 Å². The molecular formula is C32H41N3O5S. The van der Waals surface area contributed by atoms with E-state index in [4.69, 9.17) is 14.6 Å². The van der Waals surface area contributed by atoms with Crippen molar-refractivity contribution in [3.05, 3.63) is 94.5 Å². The monoisotopic (exact) mass is 579 g/mol. The highest BCUT2D eigenvalue weighted by atomic mass is 32.2. The first kappa shape index (κ1) is 30.7. The van der Waals surface area contributed by atoms with E-state index in [9.17, 15) is 13.2 Å². The zero-order valence-electron chi connectivity index (χ0n) is 24.0. The summed E-state index contributed by atoms with van der Waals surface area (Å²) < 4.78 is 34.9. The first-order valence-corrected chi connectivity index (χ1v) is 15.8. The van der Waals surface area contributed by atoms with Gasteiger partial charge in [0.2, 0.25) is 10.0 Å². The van der Waals surface area contributed by atoms with Crippen LogP contribution in [0.5, 0.6) is 5.75 Å². The Hall–Kier alpha value is -3.24. The van der Waals surface area contributed by atoms with Gasteiger partial charge in [0.25, 0.3) is 5.91 Å². The smallest absolute Gasteiger partial charge is 0.251 e. The lowest BCUT2D eigenvalue weighted by atomic mass is 9.99. The Bertz CT molecular complexity index is 1410. The average molecular weight is 580 g/mol. The fourth-order valence-corrected chi connectivity index (χ4v) is 5.32. The number of nitrogens with two attached hydrogens (primary N) is 1. The SMILES string of the molecule is CC(C)CCN1CCOCCOc2ccc(C(=O)NCCc3ccc(S(N)(=O)=O)cc3)cc2Cc2cccc(c2)C1. The number of nitrogens with one attached hydrogen (secondary N) is 1. The van der Waals surface area contributed by atoms with Gasteiger partial charge in [-0.2, -0.15) is 0 Å². The molecule has 0 aliphatic carbocycles. The van der Waals surface area contributed by atoms with Gasteiger partial charge < -0.3 is 14.8 Å². The lowest BCUT2D eigenvalue weighted by Crippen LogP contribution is -2.29. The molecule has 0 saturated carbocycles. The number of benzene rings is 3. The molecule has 1 aliphatic rings. The number of carbonyl (C=O) groups excluding carboxylic acids is 1. The van der Waals surface area contributed by atoms with Crippen molar-refractivity contribution in [2.75, 3.05) is 39.5 Å². The van der Waals surface area contributed by atoms with E-state index in [0.29, 0.717) is 50.7 Å². The van der Waals surface area contributed by atoms with Gasteiger partial charge >= 0.3 is 0 Å². The van der Waals surface area contributed by atoms with Crippen LogP contribution in [0.3, 0.4) is 0 Å². The molecule has 0 aromatic heterocycles. The second kappa shape index (κ2) is 14.6. The minimum absolute atomic E-state index is 0.0674. The summed E-state index contributed by atoms with van der Waals surface area (Å²) in [5.41, 5.74) is 4.84. The van der Waals surface area contributed by atoms with Crippen LogP contribution < -0.4 is 15.2 Å². The van der Waals surface area contributed by atoms with Gasteiger partial charge in [-0.3, -0.25) is 9.69 Å². The van der Waals surface area contributed by atoms with Crippen molar-refractivity contribution in [1.29, 1.82) is 0 Å². The Morgan fingerprint density at radius 3 is 2.54 bits per heavy atom. The van der Waals surface area contributed by atoms with E-state index in [1.165, 1.54) is 23.3 Å². The number of sulfonamides is 1. The maximum Gasteiger partial charge on any atom is 0.251 e. The van der Waals surface area contributed by atoms with E-state index in [-0.39, 0.29) is 10.8 Å². The summed E-state index contributed by atoms with van der Waals surface area (Å²) in [4.78, 5) is 15.5. The number of carbonyl (C=O) groups is 1. The number of rotatable bonds is 8. The number of ether oxygens (including phenoxy) is 2. The molecule has 3 N–H and O–H groups in total. The maximum atomic E-state index is 13.0. The van der Waals surface area contributed by atoms with Gasteiger partial charge in [-0.15, -0.1) is 0 Å². The highest BCUT2D eigenvalue weighted by Crippen LogP contribution is 2.25. The molecule has 1 amide bonds. The first-order chi connectivity index (χ1) is 19.7. The standard InChI is InChI=1S/C32H41N3O5S/c1-24(2)13-15-35-16-17-39-18-19-40-31-11-8-28(22-29(31)21-26-4-3-5-27(20-26)23-35)32(36)34-14-12-25-6-9-30(10-7-25)41(33,37)38/h3-11,20,22,24H,12-19,21,23H2,1-2H3,(H,34,36)(H2,33,37,38). The number of nitrogens with zero attached hydrogens (tertiary/aromatic N) is 1. The Morgan fingerprint density at radius 2 is 1.78 bits per heavy atom. The van der Waals surface area contributed by atoms with Crippen molar-refractivity contribution < 1.29 is 22.7 Å². The molecule has 3 aromatic rings. The molecule has 0 unspecified atom stereocenters. The number of hydrogen-bond acceptors (Lipinski definition) is 6. The van der Waals surface area contributed by atoms with Crippen molar-refractivity contribution in [1.82, 2.24) is 10.2 Å². The largest absolute Gasteiger partial charge is 0.491 e. The molecule has 0 saturated heterocycles. The van der Waals surface area contributed by atoms with Crippen LogP contribution in [0.25, 0.3) is 0 Å². The topological polar surface area (TPSA) is 111 Å². The molecule has 0 spiro atoms. The molecule has 3 aromatic carbocycles. The third kappa shape index (κ3) is 9.67. The maximum absolute atomic E-state index is 13.0. The summed E-state index contributed by atoms with van der Waals surface area (Å²) in [5.74, 6) is 1.23. The van der Waals surface area contributed by atoms with Gasteiger partial charge in [-0.25, -0.2) is 13.6 Å². The van der Waals surface area contributed by atoms with Crippen LogP contribution in [0.15, 0.2) is 71.6 Å². The third-order valence-corrected chi connectivity index (χ3v) is 8.05. The van der Waals surface area contributed by atoms with Crippen LogP contribution in [-0.2, 0) is 34.1 Å². The lowest BCUT2D eigenvalue weighted by molar-refractivity contribution is 0.0764. The molecule has 0 atom stereocenters. The average Bonchev–Trinajstić information content (AvgIpc) is 2.93. The van der Waals surface area contributed by atoms with Gasteiger partial charge in [0.1, 0.15) is 12.4 Å². The number of amides is 1. The third-order valence-electron chi connectivity index (χ3n) is 7.13. The Labute approximate surface area is 243 Å². The first-order valence-electron chi connectivity index (χ1n) is 14.2. The molecule has 1 aliphatic heterocycles. The van der Waals surface area contributed by atoms with E-state index >= 15 is 0 Å². The van der Waals surface area contributed by atoms with Gasteiger partial charge in [-0.1, -0.05) is 50.2 Å². The Morgan fingerprint density at radius 1 is 1.00 bits per heavy atom.